The lowest BCUT2D eigenvalue weighted by molar-refractivity contribution is -0.143. The molecule has 1 saturated heterocycles. The molecule has 7 nitrogen and oxygen atoms in total. The van der Waals surface area contributed by atoms with E-state index in [0.717, 1.165) is 25.1 Å². The summed E-state index contributed by atoms with van der Waals surface area (Å²) in [4.78, 5) is 28.3. The average molecular weight is 455 g/mol. The largest absolute Gasteiger partial charge is 0.508 e. The molecule has 1 aliphatic rings. The normalized spacial score (nSPS) is 15.8. The molecule has 0 bridgehead atoms. The lowest BCUT2D eigenvalue weighted by atomic mass is 9.92. The molecule has 1 amide bonds. The van der Waals surface area contributed by atoms with Crippen molar-refractivity contribution in [2.45, 2.75) is 51.9 Å². The first-order chi connectivity index (χ1) is 15.6. The highest BCUT2D eigenvalue weighted by Crippen LogP contribution is 2.30. The molecule has 33 heavy (non-hydrogen) atoms. The summed E-state index contributed by atoms with van der Waals surface area (Å²) in [5, 5.41) is 30.0. The third-order valence-corrected chi connectivity index (χ3v) is 6.33. The fourth-order valence-corrected chi connectivity index (χ4v) is 4.28. The summed E-state index contributed by atoms with van der Waals surface area (Å²) in [6.07, 6.45) is 1.32. The Morgan fingerprint density at radius 1 is 1.15 bits per heavy atom. The van der Waals surface area contributed by atoms with Gasteiger partial charge in [-0.3, -0.25) is 9.59 Å². The number of aromatic hydroxyl groups is 1. The third kappa shape index (κ3) is 5.92. The fourth-order valence-electron chi connectivity index (χ4n) is 4.28. The van der Waals surface area contributed by atoms with Crippen LogP contribution < -0.4 is 4.90 Å². The number of aldehydes is 1. The standard InChI is InChI=1S/C26H34N2O5/c1-26(2,3)28(15-24(32)20-6-9-23(31)21(14-20)17-30)25(33)19-10-12-27(13-11-19)22-7-4-18(16-29)5-8-22/h4-9,14,16,19,24,30-32H,10-13,15,17H2,1-3H3/t24-/m0/s1. The third-order valence-electron chi connectivity index (χ3n) is 6.33. The molecule has 1 heterocycles. The van der Waals surface area contributed by atoms with Gasteiger partial charge < -0.3 is 25.1 Å². The number of nitrogens with zero attached hydrogens (tertiary/aromatic N) is 2. The number of hydrogen-bond acceptors (Lipinski definition) is 6. The Kier molecular flexibility index (Phi) is 7.76. The lowest BCUT2D eigenvalue weighted by Gasteiger charge is -2.41. The summed E-state index contributed by atoms with van der Waals surface area (Å²) in [5.41, 5.74) is 2.10. The molecule has 0 radical (unpaired) electrons. The number of aliphatic hydroxyl groups is 2. The molecule has 1 atom stereocenters. The number of piperidine rings is 1. The van der Waals surface area contributed by atoms with Crippen molar-refractivity contribution in [2.75, 3.05) is 24.5 Å². The maximum absolute atomic E-state index is 13.5. The van der Waals surface area contributed by atoms with Gasteiger partial charge in [0.1, 0.15) is 12.0 Å². The molecular weight excluding hydrogens is 420 g/mol. The van der Waals surface area contributed by atoms with Gasteiger partial charge in [0.2, 0.25) is 5.91 Å². The molecule has 7 heteroatoms. The smallest absolute Gasteiger partial charge is 0.226 e. The van der Waals surface area contributed by atoms with Gasteiger partial charge in [0.25, 0.3) is 0 Å². The molecule has 3 rings (SSSR count). The van der Waals surface area contributed by atoms with Gasteiger partial charge in [-0.1, -0.05) is 6.07 Å². The van der Waals surface area contributed by atoms with Gasteiger partial charge in [-0.2, -0.15) is 0 Å². The van der Waals surface area contributed by atoms with E-state index < -0.39 is 11.6 Å². The van der Waals surface area contributed by atoms with Crippen molar-refractivity contribution in [3.8, 4) is 5.75 Å². The van der Waals surface area contributed by atoms with Crippen molar-refractivity contribution in [1.29, 1.82) is 0 Å². The highest BCUT2D eigenvalue weighted by Gasteiger charge is 2.35. The van der Waals surface area contributed by atoms with E-state index in [2.05, 4.69) is 4.90 Å². The van der Waals surface area contributed by atoms with E-state index in [4.69, 9.17) is 0 Å². The second-order valence-corrected chi connectivity index (χ2v) is 9.65. The molecule has 0 aliphatic carbocycles. The quantitative estimate of drug-likeness (QED) is 0.555. The van der Waals surface area contributed by atoms with E-state index in [-0.39, 0.29) is 30.7 Å². The van der Waals surface area contributed by atoms with E-state index >= 15 is 0 Å². The van der Waals surface area contributed by atoms with Crippen molar-refractivity contribution in [3.05, 3.63) is 59.2 Å². The lowest BCUT2D eigenvalue weighted by Crippen LogP contribution is -2.51. The predicted molar refractivity (Wildman–Crippen MR) is 127 cm³/mol. The SMILES string of the molecule is CC(C)(C)N(C[C@H](O)c1ccc(O)c(CO)c1)C(=O)C1CCN(c2ccc(C=O)cc2)CC1. The van der Waals surface area contributed by atoms with E-state index in [1.807, 2.05) is 32.9 Å². The number of β-amino-alcohol motifs (C(OH)–C–C–N with tert-alkyl or cyclic N) is 1. The van der Waals surface area contributed by atoms with E-state index in [1.54, 1.807) is 29.2 Å². The van der Waals surface area contributed by atoms with Crippen LogP contribution in [0.3, 0.4) is 0 Å². The van der Waals surface area contributed by atoms with Crippen LogP contribution in [-0.4, -0.2) is 57.6 Å². The maximum Gasteiger partial charge on any atom is 0.226 e. The Hall–Kier alpha value is -2.90. The molecule has 0 saturated carbocycles. The zero-order valence-corrected chi connectivity index (χ0v) is 19.6. The topological polar surface area (TPSA) is 101 Å². The molecule has 0 spiro atoms. The zero-order chi connectivity index (χ0) is 24.2. The average Bonchev–Trinajstić information content (AvgIpc) is 2.81. The Bertz CT molecular complexity index is 960. The molecule has 2 aromatic carbocycles. The highest BCUT2D eigenvalue weighted by atomic mass is 16.3. The van der Waals surface area contributed by atoms with E-state index in [0.29, 0.717) is 29.5 Å². The van der Waals surface area contributed by atoms with Crippen LogP contribution in [-0.2, 0) is 11.4 Å². The summed E-state index contributed by atoms with van der Waals surface area (Å²) in [6, 6.07) is 12.1. The van der Waals surface area contributed by atoms with Crippen molar-refractivity contribution in [1.82, 2.24) is 4.90 Å². The Morgan fingerprint density at radius 3 is 2.33 bits per heavy atom. The molecular formula is C26H34N2O5. The van der Waals surface area contributed by atoms with Crippen LogP contribution in [0.15, 0.2) is 42.5 Å². The number of anilines is 1. The first-order valence-electron chi connectivity index (χ1n) is 11.4. The number of hydrogen-bond donors (Lipinski definition) is 3. The molecule has 1 aliphatic heterocycles. The van der Waals surface area contributed by atoms with Gasteiger partial charge in [-0.15, -0.1) is 0 Å². The minimum atomic E-state index is -0.935. The van der Waals surface area contributed by atoms with Crippen molar-refractivity contribution < 1.29 is 24.9 Å². The van der Waals surface area contributed by atoms with Gasteiger partial charge in [0, 0.05) is 41.4 Å². The Morgan fingerprint density at radius 2 is 1.79 bits per heavy atom. The Balaban J connectivity index is 1.68. The van der Waals surface area contributed by atoms with Crippen molar-refractivity contribution in [3.63, 3.8) is 0 Å². The van der Waals surface area contributed by atoms with Crippen LogP contribution in [0, 0.1) is 5.92 Å². The van der Waals surface area contributed by atoms with Gasteiger partial charge >= 0.3 is 0 Å². The van der Waals surface area contributed by atoms with Crippen LogP contribution in [0.4, 0.5) is 5.69 Å². The summed E-state index contributed by atoms with van der Waals surface area (Å²) in [7, 11) is 0. The van der Waals surface area contributed by atoms with Gasteiger partial charge in [-0.05, 0) is 75.6 Å². The number of amides is 1. The first kappa shape index (κ1) is 24.7. The molecule has 1 fully saturated rings. The molecule has 2 aromatic rings. The number of carbonyl (C=O) groups is 2. The highest BCUT2D eigenvalue weighted by molar-refractivity contribution is 5.80. The van der Waals surface area contributed by atoms with Crippen LogP contribution >= 0.6 is 0 Å². The number of phenols is 1. The summed E-state index contributed by atoms with van der Waals surface area (Å²) in [6.45, 7) is 7.16. The molecule has 3 N–H and O–H groups in total. The summed E-state index contributed by atoms with van der Waals surface area (Å²) in [5.74, 6) is -0.127. The van der Waals surface area contributed by atoms with Crippen LogP contribution in [0.2, 0.25) is 0 Å². The Labute approximate surface area is 195 Å². The second-order valence-electron chi connectivity index (χ2n) is 9.65. The second kappa shape index (κ2) is 10.4. The molecule has 0 unspecified atom stereocenters. The first-order valence-corrected chi connectivity index (χ1v) is 11.4. The fraction of sp³-hybridized carbons (Fsp3) is 0.462. The van der Waals surface area contributed by atoms with Crippen LogP contribution in [0.5, 0.6) is 5.75 Å². The minimum Gasteiger partial charge on any atom is -0.508 e. The predicted octanol–water partition coefficient (Wildman–Crippen LogP) is 3.27. The van der Waals surface area contributed by atoms with Crippen molar-refractivity contribution >= 4 is 17.9 Å². The van der Waals surface area contributed by atoms with Crippen LogP contribution in [0.1, 0.15) is 61.2 Å². The maximum atomic E-state index is 13.5. The number of rotatable bonds is 7. The minimum absolute atomic E-state index is 0.0234. The molecule has 0 aromatic heterocycles. The van der Waals surface area contributed by atoms with Crippen molar-refractivity contribution in [2.24, 2.45) is 5.92 Å². The zero-order valence-electron chi connectivity index (χ0n) is 19.6. The molecule has 178 valence electrons. The van der Waals surface area contributed by atoms with Gasteiger partial charge in [0.15, 0.2) is 0 Å². The summed E-state index contributed by atoms with van der Waals surface area (Å²) < 4.78 is 0. The number of carbonyl (C=O) groups excluding carboxylic acids is 2. The van der Waals surface area contributed by atoms with Crippen LogP contribution in [0.25, 0.3) is 0 Å². The van der Waals surface area contributed by atoms with E-state index in [1.165, 1.54) is 6.07 Å². The summed E-state index contributed by atoms with van der Waals surface area (Å²) >= 11 is 0. The van der Waals surface area contributed by atoms with Gasteiger partial charge in [-0.25, -0.2) is 0 Å². The monoisotopic (exact) mass is 454 g/mol. The number of aliphatic hydroxyl groups excluding tert-OH is 2. The van der Waals surface area contributed by atoms with E-state index in [9.17, 15) is 24.9 Å². The van der Waals surface area contributed by atoms with Gasteiger partial charge in [0.05, 0.1) is 19.3 Å². The number of benzene rings is 2.